The zero-order chi connectivity index (χ0) is 14.0. The highest BCUT2D eigenvalue weighted by molar-refractivity contribution is 9.11. The Morgan fingerprint density at radius 1 is 1.53 bits per heavy atom. The third-order valence-electron chi connectivity index (χ3n) is 2.63. The van der Waals surface area contributed by atoms with Gasteiger partial charge in [-0.25, -0.2) is 4.98 Å². The molecule has 0 spiro atoms. The van der Waals surface area contributed by atoms with Gasteiger partial charge in [0.1, 0.15) is 12.0 Å². The van der Waals surface area contributed by atoms with E-state index >= 15 is 0 Å². The highest BCUT2D eigenvalue weighted by Gasteiger charge is 2.13. The molecule has 0 atom stereocenters. The largest absolute Gasteiger partial charge is 0.354 e. The molecule has 7 heteroatoms. The van der Waals surface area contributed by atoms with Gasteiger partial charge < -0.3 is 4.90 Å². The third kappa shape index (κ3) is 3.30. The maximum atomic E-state index is 10.7. The van der Waals surface area contributed by atoms with Gasteiger partial charge in [-0.15, -0.1) is 11.3 Å². The number of hydrogen-bond acceptors (Lipinski definition) is 5. The standard InChI is InChI=1S/C12H12BrN3O2S/c1-8-5-9(16(17)18)6-14-12(8)15(2)7-10-3-4-11(13)19-10/h3-6H,7H2,1-2H3. The second-order valence-corrected chi connectivity index (χ2v) is 6.70. The number of hydrogen-bond donors (Lipinski definition) is 0. The number of halogens is 1. The van der Waals surface area contributed by atoms with Crippen LogP contribution in [0.5, 0.6) is 0 Å². The molecule has 0 unspecified atom stereocenters. The number of rotatable bonds is 4. The molecule has 19 heavy (non-hydrogen) atoms. The van der Waals surface area contributed by atoms with Crippen LogP contribution in [-0.2, 0) is 6.54 Å². The molecule has 0 bridgehead atoms. The first-order valence-corrected chi connectivity index (χ1v) is 7.14. The molecular formula is C12H12BrN3O2S. The average Bonchev–Trinajstić information content (AvgIpc) is 2.74. The number of nitrogens with zero attached hydrogens (tertiary/aromatic N) is 3. The van der Waals surface area contributed by atoms with Crippen molar-refractivity contribution in [1.29, 1.82) is 0 Å². The van der Waals surface area contributed by atoms with Gasteiger partial charge in [-0.05, 0) is 40.5 Å². The van der Waals surface area contributed by atoms with E-state index < -0.39 is 4.92 Å². The van der Waals surface area contributed by atoms with E-state index in [1.54, 1.807) is 17.4 Å². The lowest BCUT2D eigenvalue weighted by Crippen LogP contribution is -2.18. The minimum Gasteiger partial charge on any atom is -0.354 e. The highest BCUT2D eigenvalue weighted by Crippen LogP contribution is 2.26. The number of pyridine rings is 1. The number of aromatic nitrogens is 1. The van der Waals surface area contributed by atoms with Crippen molar-refractivity contribution in [2.24, 2.45) is 0 Å². The lowest BCUT2D eigenvalue weighted by atomic mass is 10.2. The van der Waals surface area contributed by atoms with Gasteiger partial charge in [0.05, 0.1) is 15.3 Å². The van der Waals surface area contributed by atoms with Crippen LogP contribution in [0.15, 0.2) is 28.2 Å². The summed E-state index contributed by atoms with van der Waals surface area (Å²) in [7, 11) is 1.93. The van der Waals surface area contributed by atoms with Crippen LogP contribution in [0.3, 0.4) is 0 Å². The van der Waals surface area contributed by atoms with Gasteiger partial charge in [0.2, 0.25) is 0 Å². The van der Waals surface area contributed by atoms with Crippen LogP contribution >= 0.6 is 27.3 Å². The van der Waals surface area contributed by atoms with Gasteiger partial charge >= 0.3 is 0 Å². The minimum atomic E-state index is -0.430. The maximum absolute atomic E-state index is 10.7. The Labute approximate surface area is 123 Å². The fourth-order valence-electron chi connectivity index (χ4n) is 1.80. The van der Waals surface area contributed by atoms with Crippen LogP contribution in [0.1, 0.15) is 10.4 Å². The summed E-state index contributed by atoms with van der Waals surface area (Å²) in [4.78, 5) is 17.6. The van der Waals surface area contributed by atoms with Crippen molar-refractivity contribution >= 4 is 38.8 Å². The summed E-state index contributed by atoms with van der Waals surface area (Å²) in [6.45, 7) is 2.55. The molecule has 2 rings (SSSR count). The van der Waals surface area contributed by atoms with Gasteiger partial charge in [0, 0.05) is 18.0 Å². The van der Waals surface area contributed by atoms with E-state index in [0.717, 1.165) is 21.7 Å². The van der Waals surface area contributed by atoms with Gasteiger partial charge in [0.25, 0.3) is 5.69 Å². The molecule has 0 radical (unpaired) electrons. The molecule has 2 aromatic heterocycles. The zero-order valence-corrected chi connectivity index (χ0v) is 12.9. The minimum absolute atomic E-state index is 0.0218. The van der Waals surface area contributed by atoms with Crippen LogP contribution in [0.2, 0.25) is 0 Å². The lowest BCUT2D eigenvalue weighted by molar-refractivity contribution is -0.385. The Bertz CT molecular complexity index is 615. The summed E-state index contributed by atoms with van der Waals surface area (Å²) in [5.74, 6) is 0.759. The van der Waals surface area contributed by atoms with E-state index in [9.17, 15) is 10.1 Å². The van der Waals surface area contributed by atoms with Crippen LogP contribution in [0, 0.1) is 17.0 Å². The number of aryl methyl sites for hydroxylation is 1. The summed E-state index contributed by atoms with van der Waals surface area (Å²) in [5, 5.41) is 10.7. The smallest absolute Gasteiger partial charge is 0.287 e. The van der Waals surface area contributed by atoms with E-state index in [1.165, 1.54) is 11.1 Å². The fourth-order valence-corrected chi connectivity index (χ4v) is 3.33. The van der Waals surface area contributed by atoms with Gasteiger partial charge in [0.15, 0.2) is 0 Å². The topological polar surface area (TPSA) is 59.3 Å². The summed E-state index contributed by atoms with van der Waals surface area (Å²) in [6, 6.07) is 5.60. The van der Waals surface area contributed by atoms with Gasteiger partial charge in [-0.3, -0.25) is 10.1 Å². The maximum Gasteiger partial charge on any atom is 0.287 e. The molecule has 0 N–H and O–H groups in total. The average molecular weight is 342 g/mol. The molecule has 2 heterocycles. The number of thiophene rings is 1. The SMILES string of the molecule is Cc1cc([N+](=O)[O-])cnc1N(C)Cc1ccc(Br)s1. The monoisotopic (exact) mass is 341 g/mol. The van der Waals surface area contributed by atoms with Crippen LogP contribution < -0.4 is 4.90 Å². The number of nitro groups is 1. The molecule has 0 aliphatic rings. The van der Waals surface area contributed by atoms with Crippen molar-refractivity contribution < 1.29 is 4.92 Å². The fraction of sp³-hybridized carbons (Fsp3) is 0.250. The van der Waals surface area contributed by atoms with Crippen molar-refractivity contribution in [2.45, 2.75) is 13.5 Å². The Morgan fingerprint density at radius 2 is 2.26 bits per heavy atom. The predicted octanol–water partition coefficient (Wildman–Crippen LogP) is 3.76. The first-order chi connectivity index (χ1) is 8.97. The Hall–Kier alpha value is -1.47. The molecule has 0 aliphatic heterocycles. The molecule has 100 valence electrons. The summed E-state index contributed by atoms with van der Waals surface area (Å²) >= 11 is 5.09. The van der Waals surface area contributed by atoms with Crippen LogP contribution in [0.4, 0.5) is 11.5 Å². The summed E-state index contributed by atoms with van der Waals surface area (Å²) in [5.41, 5.74) is 0.820. The number of anilines is 1. The molecule has 2 aromatic rings. The van der Waals surface area contributed by atoms with E-state index in [-0.39, 0.29) is 5.69 Å². The molecule has 0 aliphatic carbocycles. The van der Waals surface area contributed by atoms with Crippen LogP contribution in [-0.4, -0.2) is 17.0 Å². The van der Waals surface area contributed by atoms with E-state index in [4.69, 9.17) is 0 Å². The summed E-state index contributed by atoms with van der Waals surface area (Å²) in [6.07, 6.45) is 1.29. The molecule has 0 amide bonds. The second kappa shape index (κ2) is 5.66. The van der Waals surface area contributed by atoms with Crippen molar-refractivity contribution in [3.8, 4) is 0 Å². The Kier molecular flexibility index (Phi) is 4.16. The summed E-state index contributed by atoms with van der Waals surface area (Å²) < 4.78 is 1.09. The molecule has 0 saturated carbocycles. The van der Waals surface area contributed by atoms with E-state index in [1.807, 2.05) is 31.0 Å². The van der Waals surface area contributed by atoms with Crippen molar-refractivity contribution in [2.75, 3.05) is 11.9 Å². The first-order valence-electron chi connectivity index (χ1n) is 5.54. The quantitative estimate of drug-likeness (QED) is 0.627. The second-order valence-electron chi connectivity index (χ2n) is 4.15. The highest BCUT2D eigenvalue weighted by atomic mass is 79.9. The Balaban J connectivity index is 2.19. The first kappa shape index (κ1) is 14.0. The Morgan fingerprint density at radius 3 is 2.79 bits per heavy atom. The van der Waals surface area contributed by atoms with Crippen molar-refractivity contribution in [3.05, 3.63) is 48.7 Å². The lowest BCUT2D eigenvalue weighted by Gasteiger charge is -2.18. The normalized spacial score (nSPS) is 10.5. The molecule has 5 nitrogen and oxygen atoms in total. The third-order valence-corrected chi connectivity index (χ3v) is 4.24. The van der Waals surface area contributed by atoms with Crippen molar-refractivity contribution in [3.63, 3.8) is 0 Å². The predicted molar refractivity (Wildman–Crippen MR) is 79.8 cm³/mol. The van der Waals surface area contributed by atoms with Crippen molar-refractivity contribution in [1.82, 2.24) is 4.98 Å². The van der Waals surface area contributed by atoms with E-state index in [2.05, 4.69) is 20.9 Å². The molecule has 0 aromatic carbocycles. The zero-order valence-electron chi connectivity index (χ0n) is 10.5. The van der Waals surface area contributed by atoms with Crippen LogP contribution in [0.25, 0.3) is 0 Å². The molecular weight excluding hydrogens is 330 g/mol. The van der Waals surface area contributed by atoms with Gasteiger partial charge in [-0.1, -0.05) is 0 Å². The van der Waals surface area contributed by atoms with Gasteiger partial charge in [-0.2, -0.15) is 0 Å². The molecule has 0 fully saturated rings. The van der Waals surface area contributed by atoms with E-state index in [0.29, 0.717) is 0 Å². The molecule has 0 saturated heterocycles.